The standard InChI is InChI=1S/C12H11N3O4/c1-15-11(13-10(14-15)12(18)19)8-4-2-3-7(5-8)6-9(16)17/h2-5H,6H2,1H3,(H,16,17)(H,18,19). The minimum atomic E-state index is -1.21. The molecule has 0 unspecified atom stereocenters. The molecule has 19 heavy (non-hydrogen) atoms. The number of nitrogens with zero attached hydrogens (tertiary/aromatic N) is 3. The summed E-state index contributed by atoms with van der Waals surface area (Å²) in [6.07, 6.45) is -0.0997. The predicted molar refractivity (Wildman–Crippen MR) is 64.7 cm³/mol. The first-order valence-corrected chi connectivity index (χ1v) is 5.43. The molecule has 0 bridgehead atoms. The van der Waals surface area contributed by atoms with Gasteiger partial charge in [-0.05, 0) is 11.6 Å². The zero-order valence-corrected chi connectivity index (χ0v) is 10.1. The van der Waals surface area contributed by atoms with Crippen molar-refractivity contribution in [3.05, 3.63) is 35.7 Å². The molecular weight excluding hydrogens is 250 g/mol. The smallest absolute Gasteiger partial charge is 0.375 e. The van der Waals surface area contributed by atoms with E-state index in [-0.39, 0.29) is 12.2 Å². The monoisotopic (exact) mass is 261 g/mol. The normalized spacial score (nSPS) is 10.4. The van der Waals surface area contributed by atoms with Crippen molar-refractivity contribution in [2.75, 3.05) is 0 Å². The van der Waals surface area contributed by atoms with Gasteiger partial charge >= 0.3 is 11.9 Å². The molecule has 0 radical (unpaired) electrons. The van der Waals surface area contributed by atoms with Gasteiger partial charge in [-0.1, -0.05) is 18.2 Å². The highest BCUT2D eigenvalue weighted by Crippen LogP contribution is 2.18. The fourth-order valence-electron chi connectivity index (χ4n) is 1.72. The van der Waals surface area contributed by atoms with Crippen molar-refractivity contribution in [2.24, 2.45) is 7.05 Å². The molecule has 2 aromatic rings. The second kappa shape index (κ2) is 4.89. The molecule has 0 aliphatic heterocycles. The molecule has 7 nitrogen and oxygen atoms in total. The molecular formula is C12H11N3O4. The number of aryl methyl sites for hydroxylation is 1. The summed E-state index contributed by atoms with van der Waals surface area (Å²) in [6.45, 7) is 0. The maximum absolute atomic E-state index is 10.8. The molecule has 1 aromatic carbocycles. The van der Waals surface area contributed by atoms with Gasteiger partial charge in [0.25, 0.3) is 5.82 Å². The lowest BCUT2D eigenvalue weighted by Crippen LogP contribution is -2.01. The summed E-state index contributed by atoms with van der Waals surface area (Å²) < 4.78 is 1.35. The Labute approximate surface area is 108 Å². The third-order valence-corrected chi connectivity index (χ3v) is 2.49. The highest BCUT2D eigenvalue weighted by atomic mass is 16.4. The Hall–Kier alpha value is -2.70. The summed E-state index contributed by atoms with van der Waals surface area (Å²) in [5, 5.41) is 21.3. The predicted octanol–water partition coefficient (Wildman–Crippen LogP) is 0.807. The lowest BCUT2D eigenvalue weighted by atomic mass is 10.1. The molecule has 0 amide bonds. The summed E-state index contributed by atoms with van der Waals surface area (Å²) in [7, 11) is 1.58. The lowest BCUT2D eigenvalue weighted by Gasteiger charge is -2.02. The molecule has 2 N–H and O–H groups in total. The largest absolute Gasteiger partial charge is 0.481 e. The number of aliphatic carboxylic acids is 1. The van der Waals surface area contributed by atoms with Crippen molar-refractivity contribution < 1.29 is 19.8 Å². The number of aromatic nitrogens is 3. The molecule has 0 saturated heterocycles. The first-order chi connectivity index (χ1) is 8.97. The number of benzene rings is 1. The topological polar surface area (TPSA) is 105 Å². The van der Waals surface area contributed by atoms with Gasteiger partial charge in [0.15, 0.2) is 5.82 Å². The molecule has 0 spiro atoms. The van der Waals surface area contributed by atoms with E-state index in [1.54, 1.807) is 31.3 Å². The first-order valence-electron chi connectivity index (χ1n) is 5.43. The van der Waals surface area contributed by atoms with Gasteiger partial charge in [0.2, 0.25) is 0 Å². The van der Waals surface area contributed by atoms with Crippen LogP contribution in [0.4, 0.5) is 0 Å². The van der Waals surface area contributed by atoms with Crippen molar-refractivity contribution in [2.45, 2.75) is 6.42 Å². The molecule has 7 heteroatoms. The van der Waals surface area contributed by atoms with Gasteiger partial charge < -0.3 is 10.2 Å². The van der Waals surface area contributed by atoms with Crippen LogP contribution < -0.4 is 0 Å². The van der Waals surface area contributed by atoms with E-state index in [1.807, 2.05) is 0 Å². The van der Waals surface area contributed by atoms with E-state index in [0.29, 0.717) is 17.0 Å². The van der Waals surface area contributed by atoms with Crippen molar-refractivity contribution in [3.63, 3.8) is 0 Å². The molecule has 0 aliphatic carbocycles. The van der Waals surface area contributed by atoms with E-state index in [1.165, 1.54) is 4.68 Å². The van der Waals surface area contributed by atoms with Crippen LogP contribution in [0.3, 0.4) is 0 Å². The lowest BCUT2D eigenvalue weighted by molar-refractivity contribution is -0.136. The molecule has 0 atom stereocenters. The minimum Gasteiger partial charge on any atom is -0.481 e. The third-order valence-electron chi connectivity index (χ3n) is 2.49. The van der Waals surface area contributed by atoms with Crippen LogP contribution in [0.5, 0.6) is 0 Å². The second-order valence-electron chi connectivity index (χ2n) is 3.96. The number of rotatable bonds is 4. The van der Waals surface area contributed by atoms with Crippen LogP contribution in [0.25, 0.3) is 11.4 Å². The van der Waals surface area contributed by atoms with E-state index in [2.05, 4.69) is 10.1 Å². The van der Waals surface area contributed by atoms with Crippen molar-refractivity contribution >= 4 is 11.9 Å². The fourth-order valence-corrected chi connectivity index (χ4v) is 1.72. The summed E-state index contributed by atoms with van der Waals surface area (Å²) in [4.78, 5) is 25.4. The molecule has 0 aliphatic rings. The van der Waals surface area contributed by atoms with Gasteiger partial charge in [-0.15, -0.1) is 5.10 Å². The second-order valence-corrected chi connectivity index (χ2v) is 3.96. The van der Waals surface area contributed by atoms with Gasteiger partial charge in [-0.25, -0.2) is 14.5 Å². The number of aromatic carboxylic acids is 1. The molecule has 1 aromatic heterocycles. The van der Waals surface area contributed by atoms with Gasteiger partial charge in [0.1, 0.15) is 0 Å². The Kier molecular flexibility index (Phi) is 3.28. The summed E-state index contributed by atoms with van der Waals surface area (Å²) >= 11 is 0. The van der Waals surface area contributed by atoms with Gasteiger partial charge in [0.05, 0.1) is 6.42 Å². The van der Waals surface area contributed by atoms with E-state index in [4.69, 9.17) is 10.2 Å². The molecule has 2 rings (SSSR count). The van der Waals surface area contributed by atoms with Crippen LogP contribution in [0, 0.1) is 0 Å². The first kappa shape index (κ1) is 12.7. The van der Waals surface area contributed by atoms with E-state index in [9.17, 15) is 9.59 Å². The minimum absolute atomic E-state index is 0.0997. The van der Waals surface area contributed by atoms with E-state index in [0.717, 1.165) is 0 Å². The average Bonchev–Trinajstić information content (AvgIpc) is 2.71. The van der Waals surface area contributed by atoms with Crippen LogP contribution in [0.1, 0.15) is 16.2 Å². The Morgan fingerprint density at radius 2 is 2.05 bits per heavy atom. The Bertz CT molecular complexity index is 648. The van der Waals surface area contributed by atoms with E-state index < -0.39 is 11.9 Å². The maximum Gasteiger partial charge on any atom is 0.375 e. The maximum atomic E-state index is 10.8. The fraction of sp³-hybridized carbons (Fsp3) is 0.167. The van der Waals surface area contributed by atoms with Crippen LogP contribution in [-0.2, 0) is 18.3 Å². The Morgan fingerprint density at radius 3 is 2.63 bits per heavy atom. The molecule has 0 fully saturated rings. The highest BCUT2D eigenvalue weighted by Gasteiger charge is 2.15. The Balaban J connectivity index is 2.41. The molecule has 0 saturated carbocycles. The average molecular weight is 261 g/mol. The summed E-state index contributed by atoms with van der Waals surface area (Å²) in [6, 6.07) is 6.76. The summed E-state index contributed by atoms with van der Waals surface area (Å²) in [5.74, 6) is -2.05. The number of hydrogen-bond donors (Lipinski definition) is 2. The number of carboxylic acids is 2. The van der Waals surface area contributed by atoms with Crippen LogP contribution >= 0.6 is 0 Å². The molecule has 98 valence electrons. The zero-order chi connectivity index (χ0) is 14.0. The highest BCUT2D eigenvalue weighted by molar-refractivity contribution is 5.83. The van der Waals surface area contributed by atoms with Crippen LogP contribution in [-0.4, -0.2) is 36.9 Å². The van der Waals surface area contributed by atoms with Crippen molar-refractivity contribution in [3.8, 4) is 11.4 Å². The third kappa shape index (κ3) is 2.76. The van der Waals surface area contributed by atoms with E-state index >= 15 is 0 Å². The number of carboxylic acid groups (broad SMARTS) is 2. The van der Waals surface area contributed by atoms with Crippen LogP contribution in [0.2, 0.25) is 0 Å². The van der Waals surface area contributed by atoms with Gasteiger partial charge in [0, 0.05) is 12.6 Å². The number of hydrogen-bond acceptors (Lipinski definition) is 4. The SMILES string of the molecule is Cn1nc(C(=O)O)nc1-c1cccc(CC(=O)O)c1. The van der Waals surface area contributed by atoms with Crippen molar-refractivity contribution in [1.29, 1.82) is 0 Å². The van der Waals surface area contributed by atoms with Gasteiger partial charge in [-0.2, -0.15) is 0 Å². The van der Waals surface area contributed by atoms with Crippen molar-refractivity contribution in [1.82, 2.24) is 14.8 Å². The van der Waals surface area contributed by atoms with Crippen LogP contribution in [0.15, 0.2) is 24.3 Å². The summed E-state index contributed by atoms with van der Waals surface area (Å²) in [5.41, 5.74) is 1.24. The Morgan fingerprint density at radius 1 is 1.32 bits per heavy atom. The zero-order valence-electron chi connectivity index (χ0n) is 10.1. The van der Waals surface area contributed by atoms with Gasteiger partial charge in [-0.3, -0.25) is 4.79 Å². The molecule has 1 heterocycles. The number of carbonyl (C=O) groups is 2. The quantitative estimate of drug-likeness (QED) is 0.843.